The van der Waals surface area contributed by atoms with E-state index in [-0.39, 0.29) is 39.3 Å². The molecule has 3 heterocycles. The van der Waals surface area contributed by atoms with Crippen LogP contribution >= 0.6 is 23.2 Å². The fourth-order valence-corrected chi connectivity index (χ4v) is 7.26. The van der Waals surface area contributed by atoms with Gasteiger partial charge in [-0.1, -0.05) is 29.3 Å². The fourth-order valence-electron chi connectivity index (χ4n) is 5.06. The first-order chi connectivity index (χ1) is 18.4. The molecular formula is C26H26Cl2F2N4O4S. The van der Waals surface area contributed by atoms with Gasteiger partial charge in [0.05, 0.1) is 11.6 Å². The normalized spacial score (nSPS) is 22.2. The minimum atomic E-state index is -4.34. The fraction of sp³-hybridized carbons (Fsp3) is 0.385. The molecular weight excluding hydrogens is 573 g/mol. The number of halogens is 4. The maximum Gasteiger partial charge on any atom is 0.267 e. The molecule has 8 nitrogen and oxygen atoms in total. The molecule has 3 aliphatic rings. The zero-order chi connectivity index (χ0) is 28.2. The summed E-state index contributed by atoms with van der Waals surface area (Å²) >= 11 is 12.3. The van der Waals surface area contributed by atoms with Gasteiger partial charge in [0.15, 0.2) is 0 Å². The van der Waals surface area contributed by atoms with Crippen LogP contribution in [0.25, 0.3) is 0 Å². The van der Waals surface area contributed by atoms with E-state index in [9.17, 15) is 26.8 Å². The first-order valence-corrected chi connectivity index (χ1v) is 14.6. The summed E-state index contributed by atoms with van der Waals surface area (Å²) in [6, 6.07) is 4.48. The molecule has 39 heavy (non-hydrogen) atoms. The molecule has 13 heteroatoms. The second-order valence-corrected chi connectivity index (χ2v) is 12.7. The number of hydrogen-bond acceptors (Lipinski definition) is 5. The van der Waals surface area contributed by atoms with Crippen LogP contribution in [-0.4, -0.2) is 77.0 Å². The van der Waals surface area contributed by atoms with E-state index in [0.29, 0.717) is 19.2 Å². The minimum absolute atomic E-state index is 0.0220. The average molecular weight is 599 g/mol. The first kappa shape index (κ1) is 27.8. The van der Waals surface area contributed by atoms with Crippen LogP contribution < -0.4 is 0 Å². The Hall–Kier alpha value is -2.73. The Labute approximate surface area is 235 Å². The highest BCUT2D eigenvalue weighted by atomic mass is 35.5. The molecule has 0 radical (unpaired) electrons. The highest BCUT2D eigenvalue weighted by Crippen LogP contribution is 2.38. The molecule has 0 bridgehead atoms. The number of fused-ring (bicyclic) bond motifs is 1. The molecule has 0 aromatic heterocycles. The molecule has 2 aromatic carbocycles. The maximum atomic E-state index is 14.7. The van der Waals surface area contributed by atoms with Crippen molar-refractivity contribution in [3.05, 3.63) is 75.7 Å². The molecule has 208 valence electrons. The van der Waals surface area contributed by atoms with Gasteiger partial charge in [0.1, 0.15) is 34.4 Å². The summed E-state index contributed by atoms with van der Waals surface area (Å²) in [6.07, 6.45) is 1.90. The average Bonchev–Trinajstić information content (AvgIpc) is 2.81. The molecule has 3 aliphatic heterocycles. The SMILES string of the molecule is CC(C)N1C=C2N(C(=O)C(N3CCC3)CN2S(=O)(=O)c2ccc(Cl)cc2Cl)C(Cc2ccc(F)cc2F)C1=O. The van der Waals surface area contributed by atoms with Crippen molar-refractivity contribution in [2.24, 2.45) is 0 Å². The van der Waals surface area contributed by atoms with Gasteiger partial charge in [-0.3, -0.25) is 19.4 Å². The van der Waals surface area contributed by atoms with E-state index in [0.717, 1.165) is 21.7 Å². The van der Waals surface area contributed by atoms with Crippen LogP contribution in [0.15, 0.2) is 53.3 Å². The van der Waals surface area contributed by atoms with Gasteiger partial charge in [0.2, 0.25) is 11.8 Å². The summed E-state index contributed by atoms with van der Waals surface area (Å²) in [7, 11) is -4.34. The lowest BCUT2D eigenvalue weighted by molar-refractivity contribution is -0.154. The molecule has 2 fully saturated rings. The Morgan fingerprint density at radius 2 is 1.74 bits per heavy atom. The highest BCUT2D eigenvalue weighted by molar-refractivity contribution is 7.89. The lowest BCUT2D eigenvalue weighted by Gasteiger charge is -2.51. The van der Waals surface area contributed by atoms with Crippen LogP contribution in [-0.2, 0) is 26.0 Å². The number of nitrogens with zero attached hydrogens (tertiary/aromatic N) is 4. The summed E-state index contributed by atoms with van der Waals surface area (Å²) < 4.78 is 57.5. The van der Waals surface area contributed by atoms with E-state index in [1.807, 2.05) is 4.90 Å². The van der Waals surface area contributed by atoms with Crippen LogP contribution in [0.1, 0.15) is 25.8 Å². The van der Waals surface area contributed by atoms with Gasteiger partial charge in [-0.15, -0.1) is 0 Å². The van der Waals surface area contributed by atoms with Crippen molar-refractivity contribution in [2.45, 2.75) is 49.7 Å². The number of rotatable bonds is 6. The predicted octanol–water partition coefficient (Wildman–Crippen LogP) is 3.84. The summed E-state index contributed by atoms with van der Waals surface area (Å²) in [5.74, 6) is -2.64. The van der Waals surface area contributed by atoms with Gasteiger partial charge in [-0.25, -0.2) is 21.5 Å². The van der Waals surface area contributed by atoms with Crippen LogP contribution in [0.3, 0.4) is 0 Å². The molecule has 2 amide bonds. The third-order valence-corrected chi connectivity index (χ3v) is 9.74. The van der Waals surface area contributed by atoms with Crippen LogP contribution in [0, 0.1) is 11.6 Å². The molecule has 5 rings (SSSR count). The van der Waals surface area contributed by atoms with E-state index in [1.165, 1.54) is 35.4 Å². The van der Waals surface area contributed by atoms with Gasteiger partial charge < -0.3 is 4.90 Å². The van der Waals surface area contributed by atoms with Crippen LogP contribution in [0.4, 0.5) is 8.78 Å². The van der Waals surface area contributed by atoms with Crippen molar-refractivity contribution in [2.75, 3.05) is 19.6 Å². The summed E-state index contributed by atoms with van der Waals surface area (Å²) in [4.78, 5) is 31.8. The number of sulfonamides is 1. The lowest BCUT2D eigenvalue weighted by atomic mass is 9.97. The standard InChI is InChI=1S/C26H26Cl2F2N4O4S/c1-15(2)32-14-24-33(39(37,38)23-7-5-17(27)11-19(23)28)13-22(31-8-3-9-31)26(36)34(24)21(25(32)35)10-16-4-6-18(29)12-20(16)30/h4-7,11-12,14-15,21-22H,3,8-10,13H2,1-2H3. The molecule has 0 N–H and O–H groups in total. The maximum absolute atomic E-state index is 14.7. The molecule has 0 spiro atoms. The molecule has 2 aromatic rings. The van der Waals surface area contributed by atoms with E-state index in [1.54, 1.807) is 13.8 Å². The molecule has 2 saturated heterocycles. The van der Waals surface area contributed by atoms with Gasteiger partial charge in [0.25, 0.3) is 10.0 Å². The Morgan fingerprint density at radius 1 is 1.03 bits per heavy atom. The zero-order valence-corrected chi connectivity index (χ0v) is 23.5. The monoisotopic (exact) mass is 598 g/mol. The van der Waals surface area contributed by atoms with Crippen molar-refractivity contribution in [1.82, 2.24) is 19.0 Å². The lowest BCUT2D eigenvalue weighted by Crippen LogP contribution is -2.69. The molecule has 2 unspecified atom stereocenters. The van der Waals surface area contributed by atoms with Gasteiger partial charge in [0, 0.05) is 42.8 Å². The zero-order valence-electron chi connectivity index (χ0n) is 21.2. The number of carbonyl (C=O) groups excluding carboxylic acids is 2. The highest BCUT2D eigenvalue weighted by Gasteiger charge is 2.52. The summed E-state index contributed by atoms with van der Waals surface area (Å²) in [5, 5.41) is 0.160. The molecule has 2 atom stereocenters. The molecule has 0 saturated carbocycles. The number of carbonyl (C=O) groups is 2. The van der Waals surface area contributed by atoms with Crippen molar-refractivity contribution in [3.8, 4) is 0 Å². The third-order valence-electron chi connectivity index (χ3n) is 7.25. The van der Waals surface area contributed by atoms with Crippen molar-refractivity contribution in [3.63, 3.8) is 0 Å². The van der Waals surface area contributed by atoms with E-state index in [2.05, 4.69) is 0 Å². The third kappa shape index (κ3) is 4.90. The van der Waals surface area contributed by atoms with Gasteiger partial charge >= 0.3 is 0 Å². The van der Waals surface area contributed by atoms with E-state index in [4.69, 9.17) is 23.2 Å². The van der Waals surface area contributed by atoms with Crippen molar-refractivity contribution >= 4 is 45.0 Å². The van der Waals surface area contributed by atoms with Gasteiger partial charge in [-0.2, -0.15) is 0 Å². The predicted molar refractivity (Wildman–Crippen MR) is 141 cm³/mol. The number of hydrogen-bond donors (Lipinski definition) is 0. The van der Waals surface area contributed by atoms with Crippen molar-refractivity contribution < 1.29 is 26.8 Å². The number of benzene rings is 2. The van der Waals surface area contributed by atoms with Crippen molar-refractivity contribution in [1.29, 1.82) is 0 Å². The second kappa shape index (κ2) is 10.3. The van der Waals surface area contributed by atoms with Crippen LogP contribution in [0.5, 0.6) is 0 Å². The summed E-state index contributed by atoms with van der Waals surface area (Å²) in [6.45, 7) is 4.45. The quantitative estimate of drug-likeness (QED) is 0.505. The van der Waals surface area contributed by atoms with E-state index < -0.39 is 51.6 Å². The number of likely N-dealkylation sites (tertiary alicyclic amines) is 1. The summed E-state index contributed by atoms with van der Waals surface area (Å²) in [5.41, 5.74) is 0.0220. The van der Waals surface area contributed by atoms with E-state index >= 15 is 0 Å². The molecule has 0 aliphatic carbocycles. The van der Waals surface area contributed by atoms with Crippen LogP contribution in [0.2, 0.25) is 10.0 Å². The first-order valence-electron chi connectivity index (χ1n) is 12.4. The topological polar surface area (TPSA) is 81.2 Å². The Morgan fingerprint density at radius 3 is 2.33 bits per heavy atom. The van der Waals surface area contributed by atoms with Gasteiger partial charge in [-0.05, 0) is 50.1 Å². The Kier molecular flexibility index (Phi) is 7.38. The Balaban J connectivity index is 1.66. The Bertz CT molecular complexity index is 1480. The largest absolute Gasteiger partial charge is 0.311 e. The minimum Gasteiger partial charge on any atom is -0.311 e. The smallest absolute Gasteiger partial charge is 0.267 e. The second-order valence-electron chi connectivity index (χ2n) is 10.0. The number of amides is 2.